The van der Waals surface area contributed by atoms with Crippen molar-refractivity contribution in [3.8, 4) is 11.1 Å². The Bertz CT molecular complexity index is 1120. The van der Waals surface area contributed by atoms with Gasteiger partial charge >= 0.3 is 0 Å². The summed E-state index contributed by atoms with van der Waals surface area (Å²) in [5, 5.41) is 0. The fourth-order valence-corrected chi connectivity index (χ4v) is 4.60. The molecule has 0 amide bonds. The Kier molecular flexibility index (Phi) is 7.18. The van der Waals surface area contributed by atoms with Gasteiger partial charge in [-0.1, -0.05) is 61.0 Å². The number of benzene rings is 3. The van der Waals surface area contributed by atoms with E-state index in [4.69, 9.17) is 4.74 Å². The molecule has 0 atom stereocenters. The maximum atomic E-state index is 14.7. The van der Waals surface area contributed by atoms with Crippen LogP contribution < -0.4 is 0 Å². The van der Waals surface area contributed by atoms with Crippen molar-refractivity contribution >= 4 is 0 Å². The highest BCUT2D eigenvalue weighted by molar-refractivity contribution is 5.65. The van der Waals surface area contributed by atoms with Crippen LogP contribution in [0.25, 0.3) is 11.1 Å². The Morgan fingerprint density at radius 1 is 0.727 bits per heavy atom. The lowest BCUT2D eigenvalue weighted by molar-refractivity contribution is 0.0116. The van der Waals surface area contributed by atoms with Crippen molar-refractivity contribution in [3.05, 3.63) is 94.1 Å². The normalized spacial score (nSPS) is 18.5. The van der Waals surface area contributed by atoms with Crippen LogP contribution >= 0.6 is 0 Å². The fourth-order valence-electron chi connectivity index (χ4n) is 4.60. The monoisotopic (exact) mass is 456 g/mol. The molecule has 3 aromatic rings. The summed E-state index contributed by atoms with van der Waals surface area (Å²) in [6.45, 7) is 3.71. The molecule has 3 aromatic carbocycles. The van der Waals surface area contributed by atoms with E-state index in [9.17, 15) is 17.6 Å². The zero-order chi connectivity index (χ0) is 23.5. The van der Waals surface area contributed by atoms with Gasteiger partial charge in [0.15, 0.2) is 23.3 Å². The third kappa shape index (κ3) is 4.98. The van der Waals surface area contributed by atoms with E-state index in [1.807, 2.05) is 19.1 Å². The second-order valence-corrected chi connectivity index (χ2v) is 8.85. The third-order valence-electron chi connectivity index (χ3n) is 6.69. The van der Waals surface area contributed by atoms with Gasteiger partial charge in [-0.15, -0.1) is 0 Å². The van der Waals surface area contributed by atoms with E-state index < -0.39 is 23.3 Å². The molecule has 1 aliphatic carbocycles. The van der Waals surface area contributed by atoms with Crippen LogP contribution in [0.2, 0.25) is 0 Å². The van der Waals surface area contributed by atoms with Crippen molar-refractivity contribution in [1.82, 2.24) is 0 Å². The van der Waals surface area contributed by atoms with Crippen LogP contribution in [0.5, 0.6) is 0 Å². The van der Waals surface area contributed by atoms with Gasteiger partial charge in [-0.3, -0.25) is 0 Å². The van der Waals surface area contributed by atoms with Gasteiger partial charge in [-0.2, -0.15) is 0 Å². The predicted molar refractivity (Wildman–Crippen MR) is 122 cm³/mol. The fraction of sp³-hybridized carbons (Fsp3) is 0.357. The summed E-state index contributed by atoms with van der Waals surface area (Å²) in [7, 11) is 0. The van der Waals surface area contributed by atoms with Crippen LogP contribution in [0.1, 0.15) is 60.8 Å². The van der Waals surface area contributed by atoms with Crippen molar-refractivity contribution in [1.29, 1.82) is 0 Å². The molecule has 0 radical (unpaired) electrons. The Hall–Kier alpha value is -2.66. The SMILES string of the molecule is CCc1ccc(C2CCC(OCc3ccc(-c4ccc(C)cc4)c(F)c3F)CC2)c(F)c1F. The van der Waals surface area contributed by atoms with E-state index in [2.05, 4.69) is 0 Å². The van der Waals surface area contributed by atoms with Crippen LogP contribution in [0.3, 0.4) is 0 Å². The van der Waals surface area contributed by atoms with E-state index in [0.29, 0.717) is 48.8 Å². The van der Waals surface area contributed by atoms with Gasteiger partial charge in [0.2, 0.25) is 0 Å². The van der Waals surface area contributed by atoms with Crippen molar-refractivity contribution in [3.63, 3.8) is 0 Å². The first kappa shape index (κ1) is 23.5. The lowest BCUT2D eigenvalue weighted by atomic mass is 9.82. The molecule has 1 nitrogen and oxygen atoms in total. The van der Waals surface area contributed by atoms with Gasteiger partial charge in [0.1, 0.15) is 0 Å². The quantitative estimate of drug-likeness (QED) is 0.341. The molecule has 0 aromatic heterocycles. The second kappa shape index (κ2) is 10.1. The first-order valence-corrected chi connectivity index (χ1v) is 11.5. The summed E-state index contributed by atoms with van der Waals surface area (Å²) < 4.78 is 63.9. The molecule has 1 saturated carbocycles. The lowest BCUT2D eigenvalue weighted by Crippen LogP contribution is -2.22. The predicted octanol–water partition coefficient (Wildman–Crippen LogP) is 8.02. The first-order chi connectivity index (χ1) is 15.9. The Morgan fingerprint density at radius 3 is 2.03 bits per heavy atom. The van der Waals surface area contributed by atoms with Crippen LogP contribution in [0.15, 0.2) is 48.5 Å². The van der Waals surface area contributed by atoms with Gasteiger partial charge in [0.05, 0.1) is 12.7 Å². The highest BCUT2D eigenvalue weighted by atomic mass is 19.2. The standard InChI is InChI=1S/C28H28F4O/c1-3-18-10-14-23(27(31)25(18)29)20-8-12-22(13-9-20)33-16-21-11-15-24(28(32)26(21)30)19-6-4-17(2)5-7-19/h4-7,10-11,14-15,20,22H,3,8-9,12-13,16H2,1-2H3. The van der Waals surface area contributed by atoms with Crippen LogP contribution in [0.4, 0.5) is 17.6 Å². The topological polar surface area (TPSA) is 9.23 Å². The molecule has 0 spiro atoms. The minimum Gasteiger partial charge on any atom is -0.373 e. The van der Waals surface area contributed by atoms with Crippen molar-refractivity contribution in [2.24, 2.45) is 0 Å². The number of aryl methyl sites for hydroxylation is 2. The third-order valence-corrected chi connectivity index (χ3v) is 6.69. The summed E-state index contributed by atoms with van der Waals surface area (Å²) in [4.78, 5) is 0. The zero-order valence-corrected chi connectivity index (χ0v) is 18.9. The molecule has 0 N–H and O–H groups in total. The summed E-state index contributed by atoms with van der Waals surface area (Å²) in [5.41, 5.74) is 2.87. The summed E-state index contributed by atoms with van der Waals surface area (Å²) in [6.07, 6.45) is 2.97. The Morgan fingerprint density at radius 2 is 1.36 bits per heavy atom. The molecular weight excluding hydrogens is 428 g/mol. The molecule has 0 bridgehead atoms. The van der Waals surface area contributed by atoms with Crippen molar-refractivity contribution in [2.75, 3.05) is 0 Å². The molecule has 0 unspecified atom stereocenters. The molecule has 0 heterocycles. The Labute approximate surface area is 192 Å². The molecule has 33 heavy (non-hydrogen) atoms. The number of ether oxygens (including phenoxy) is 1. The van der Waals surface area contributed by atoms with Gasteiger partial charge in [0.25, 0.3) is 0 Å². The average Bonchev–Trinajstić information content (AvgIpc) is 2.83. The molecule has 0 aliphatic heterocycles. The molecule has 174 valence electrons. The maximum absolute atomic E-state index is 14.7. The highest BCUT2D eigenvalue weighted by Gasteiger charge is 2.27. The van der Waals surface area contributed by atoms with Crippen LogP contribution in [-0.2, 0) is 17.8 Å². The number of halogens is 4. The smallest absolute Gasteiger partial charge is 0.167 e. The average molecular weight is 457 g/mol. The number of hydrogen-bond acceptors (Lipinski definition) is 1. The number of rotatable bonds is 6. The molecule has 1 aliphatic rings. The van der Waals surface area contributed by atoms with E-state index >= 15 is 0 Å². The van der Waals surface area contributed by atoms with E-state index in [1.165, 1.54) is 0 Å². The first-order valence-electron chi connectivity index (χ1n) is 11.5. The van der Waals surface area contributed by atoms with Crippen LogP contribution in [-0.4, -0.2) is 6.10 Å². The minimum absolute atomic E-state index is 0.0273. The second-order valence-electron chi connectivity index (χ2n) is 8.85. The lowest BCUT2D eigenvalue weighted by Gasteiger charge is -2.29. The van der Waals surface area contributed by atoms with Crippen molar-refractivity contribution < 1.29 is 22.3 Å². The van der Waals surface area contributed by atoms with E-state index in [-0.39, 0.29) is 29.8 Å². The molecule has 1 fully saturated rings. The van der Waals surface area contributed by atoms with Crippen molar-refractivity contribution in [2.45, 2.75) is 64.6 Å². The highest BCUT2D eigenvalue weighted by Crippen LogP contribution is 2.37. The summed E-state index contributed by atoms with van der Waals surface area (Å²) in [5.74, 6) is -3.33. The van der Waals surface area contributed by atoms with Gasteiger partial charge in [-0.25, -0.2) is 17.6 Å². The molecular formula is C28H28F4O. The minimum atomic E-state index is -0.893. The van der Waals surface area contributed by atoms with Gasteiger partial charge in [-0.05, 0) is 61.6 Å². The van der Waals surface area contributed by atoms with Gasteiger partial charge in [0, 0.05) is 11.1 Å². The Balaban J connectivity index is 1.37. The molecule has 0 saturated heterocycles. The maximum Gasteiger partial charge on any atom is 0.167 e. The van der Waals surface area contributed by atoms with E-state index in [1.54, 1.807) is 43.3 Å². The number of hydrogen-bond donors (Lipinski definition) is 0. The zero-order valence-electron chi connectivity index (χ0n) is 18.9. The summed E-state index contributed by atoms with van der Waals surface area (Å²) in [6, 6.07) is 13.8. The van der Waals surface area contributed by atoms with Crippen LogP contribution in [0, 0.1) is 30.2 Å². The largest absolute Gasteiger partial charge is 0.373 e. The molecule has 4 rings (SSSR count). The molecule has 5 heteroatoms. The van der Waals surface area contributed by atoms with Gasteiger partial charge < -0.3 is 4.74 Å². The van der Waals surface area contributed by atoms with E-state index in [0.717, 1.165) is 5.56 Å². The summed E-state index contributed by atoms with van der Waals surface area (Å²) >= 11 is 0.